The lowest BCUT2D eigenvalue weighted by molar-refractivity contribution is -0.0189. The van der Waals surface area contributed by atoms with Gasteiger partial charge in [-0.2, -0.15) is 0 Å². The molecule has 2 aromatic rings. The van der Waals surface area contributed by atoms with Gasteiger partial charge >= 0.3 is 0 Å². The van der Waals surface area contributed by atoms with Crippen LogP contribution in [0.4, 0.5) is 10.2 Å². The van der Waals surface area contributed by atoms with Gasteiger partial charge in [0, 0.05) is 11.6 Å². The number of anilines is 1. The number of rotatable bonds is 2. The lowest BCUT2D eigenvalue weighted by Crippen LogP contribution is -2.66. The highest BCUT2D eigenvalue weighted by atomic mass is 35.5. The zero-order chi connectivity index (χ0) is 15.5. The van der Waals surface area contributed by atoms with Gasteiger partial charge in [-0.3, -0.25) is 4.90 Å². The predicted octanol–water partition coefficient (Wildman–Crippen LogP) is 4.33. The van der Waals surface area contributed by atoms with Gasteiger partial charge in [-0.25, -0.2) is 4.39 Å². The third-order valence-electron chi connectivity index (χ3n) is 5.41. The third kappa shape index (κ3) is 2.49. The van der Waals surface area contributed by atoms with Crippen molar-refractivity contribution >= 4 is 40.8 Å². The molecule has 1 aromatic carbocycles. The fourth-order valence-corrected chi connectivity index (χ4v) is 4.28. The van der Waals surface area contributed by atoms with Crippen molar-refractivity contribution in [3.8, 4) is 0 Å². The van der Waals surface area contributed by atoms with Crippen molar-refractivity contribution in [2.45, 2.75) is 38.3 Å². The summed E-state index contributed by atoms with van der Waals surface area (Å²) in [7, 11) is 0. The molecule has 23 heavy (non-hydrogen) atoms. The summed E-state index contributed by atoms with van der Waals surface area (Å²) in [6.07, 6.45) is 2.40. The molecule has 126 valence electrons. The number of benzene rings is 1. The van der Waals surface area contributed by atoms with Gasteiger partial charge in [-0.15, -0.1) is 12.4 Å². The zero-order valence-electron chi connectivity index (χ0n) is 13.1. The van der Waals surface area contributed by atoms with Gasteiger partial charge in [0.25, 0.3) is 0 Å². The molecule has 2 bridgehead atoms. The minimum Gasteiger partial charge on any atom is -0.362 e. The van der Waals surface area contributed by atoms with E-state index in [1.54, 1.807) is 6.07 Å². The maximum Gasteiger partial charge on any atom is 0.190 e. The molecule has 3 saturated heterocycles. The van der Waals surface area contributed by atoms with Gasteiger partial charge in [-0.05, 0) is 57.8 Å². The summed E-state index contributed by atoms with van der Waals surface area (Å²) in [5, 5.41) is 8.36. The average molecular weight is 360 g/mol. The van der Waals surface area contributed by atoms with Crippen LogP contribution in [0.5, 0.6) is 0 Å². The molecule has 1 N–H and O–H groups in total. The molecule has 4 nitrogen and oxygen atoms in total. The molecule has 0 spiro atoms. The number of piperidine rings is 3. The van der Waals surface area contributed by atoms with Crippen LogP contribution in [-0.4, -0.2) is 34.7 Å². The number of nitrogens with zero attached hydrogens (tertiary/aromatic N) is 2. The van der Waals surface area contributed by atoms with Crippen LogP contribution in [0.15, 0.2) is 16.7 Å². The topological polar surface area (TPSA) is 41.3 Å². The molecule has 5 rings (SSSR count). The normalized spacial score (nSPS) is 28.6. The molecule has 1 unspecified atom stereocenters. The third-order valence-corrected chi connectivity index (χ3v) is 5.76. The minimum absolute atomic E-state index is 0. The number of nitrogens with one attached hydrogen (secondary N) is 1. The van der Waals surface area contributed by atoms with E-state index >= 15 is 0 Å². The van der Waals surface area contributed by atoms with E-state index in [4.69, 9.17) is 16.1 Å². The maximum atomic E-state index is 13.5. The highest BCUT2D eigenvalue weighted by Gasteiger charge is 2.47. The van der Waals surface area contributed by atoms with Gasteiger partial charge in [-0.1, -0.05) is 16.8 Å². The standard InChI is InChI=1S/C16H19ClFN3O.ClH/c1-16(2)14(9-5-7-21(16)8-6-9)19-15-10-3-4-11(18)12(17)13(10)22-20-15;/h3-4,9,14H,5-8H2,1-2H3,(H,19,20);1H. The summed E-state index contributed by atoms with van der Waals surface area (Å²) in [6.45, 7) is 6.86. The highest BCUT2D eigenvalue weighted by molar-refractivity contribution is 6.35. The van der Waals surface area contributed by atoms with Gasteiger partial charge < -0.3 is 9.84 Å². The van der Waals surface area contributed by atoms with Crippen molar-refractivity contribution in [1.29, 1.82) is 0 Å². The van der Waals surface area contributed by atoms with Gasteiger partial charge in [0.05, 0.1) is 5.39 Å². The van der Waals surface area contributed by atoms with Crippen LogP contribution in [0.25, 0.3) is 11.0 Å². The first kappa shape index (κ1) is 16.8. The monoisotopic (exact) mass is 359 g/mol. The second-order valence-corrected chi connectivity index (χ2v) is 7.25. The molecular weight excluding hydrogens is 340 g/mol. The Morgan fingerprint density at radius 3 is 2.70 bits per heavy atom. The Hall–Kier alpha value is -1.04. The second-order valence-electron chi connectivity index (χ2n) is 6.87. The number of fused-ring (bicyclic) bond motifs is 4. The highest BCUT2D eigenvalue weighted by Crippen LogP contribution is 2.41. The summed E-state index contributed by atoms with van der Waals surface area (Å²) in [5.41, 5.74) is 0.374. The average Bonchev–Trinajstić information content (AvgIpc) is 2.91. The lowest BCUT2D eigenvalue weighted by Gasteiger charge is -2.56. The summed E-state index contributed by atoms with van der Waals surface area (Å²) in [4.78, 5) is 2.53. The molecule has 3 aliphatic rings. The molecule has 0 radical (unpaired) electrons. The smallest absolute Gasteiger partial charge is 0.190 e. The Balaban J connectivity index is 0.00000156. The van der Waals surface area contributed by atoms with Crippen LogP contribution in [0.3, 0.4) is 0 Å². The van der Waals surface area contributed by atoms with Crippen LogP contribution in [-0.2, 0) is 0 Å². The van der Waals surface area contributed by atoms with Crippen molar-refractivity contribution < 1.29 is 8.91 Å². The quantitative estimate of drug-likeness (QED) is 0.866. The Labute approximate surface area is 145 Å². The molecule has 1 atom stereocenters. The number of halogens is 3. The number of aromatic nitrogens is 1. The molecule has 1 aromatic heterocycles. The van der Waals surface area contributed by atoms with Crippen molar-refractivity contribution in [3.05, 3.63) is 23.0 Å². The fraction of sp³-hybridized carbons (Fsp3) is 0.562. The van der Waals surface area contributed by atoms with E-state index in [1.807, 2.05) is 0 Å². The van der Waals surface area contributed by atoms with Gasteiger partial charge in [0.1, 0.15) is 10.8 Å². The Bertz CT molecular complexity index is 725. The van der Waals surface area contributed by atoms with Gasteiger partial charge in [0.2, 0.25) is 0 Å². The van der Waals surface area contributed by atoms with Crippen LogP contribution in [0.2, 0.25) is 5.02 Å². The first-order chi connectivity index (χ1) is 10.5. The summed E-state index contributed by atoms with van der Waals surface area (Å²) < 4.78 is 18.8. The minimum atomic E-state index is -0.486. The molecular formula is C16H20Cl2FN3O. The van der Waals surface area contributed by atoms with E-state index in [9.17, 15) is 4.39 Å². The summed E-state index contributed by atoms with van der Waals surface area (Å²) >= 11 is 5.96. The second kappa shape index (κ2) is 5.80. The summed E-state index contributed by atoms with van der Waals surface area (Å²) in [6, 6.07) is 3.32. The van der Waals surface area contributed by atoms with E-state index < -0.39 is 5.82 Å². The van der Waals surface area contributed by atoms with Crippen molar-refractivity contribution in [2.75, 3.05) is 18.4 Å². The van der Waals surface area contributed by atoms with Crippen LogP contribution in [0.1, 0.15) is 26.7 Å². The lowest BCUT2D eigenvalue weighted by atomic mass is 9.72. The molecule has 0 aliphatic carbocycles. The van der Waals surface area contributed by atoms with Crippen molar-refractivity contribution in [3.63, 3.8) is 0 Å². The van der Waals surface area contributed by atoms with E-state index in [0.717, 1.165) is 18.5 Å². The van der Waals surface area contributed by atoms with Crippen LogP contribution in [0, 0.1) is 11.7 Å². The van der Waals surface area contributed by atoms with E-state index in [0.29, 0.717) is 23.4 Å². The molecule has 3 aliphatic heterocycles. The van der Waals surface area contributed by atoms with Crippen molar-refractivity contribution in [2.24, 2.45) is 5.92 Å². The molecule has 4 heterocycles. The van der Waals surface area contributed by atoms with E-state index in [1.165, 1.54) is 18.9 Å². The number of hydrogen-bond donors (Lipinski definition) is 1. The summed E-state index contributed by atoms with van der Waals surface area (Å²) in [5.74, 6) is 0.798. The predicted molar refractivity (Wildman–Crippen MR) is 92.0 cm³/mol. The molecule has 7 heteroatoms. The Kier molecular flexibility index (Phi) is 4.23. The maximum absolute atomic E-state index is 13.5. The van der Waals surface area contributed by atoms with E-state index in [-0.39, 0.29) is 23.0 Å². The Morgan fingerprint density at radius 2 is 2.04 bits per heavy atom. The first-order valence-electron chi connectivity index (χ1n) is 7.73. The molecule has 0 amide bonds. The SMILES string of the molecule is CC1(C)C(Nc2noc3c(Cl)c(F)ccc23)C2CCN1CC2.Cl. The fourth-order valence-electron chi connectivity index (χ4n) is 4.08. The zero-order valence-corrected chi connectivity index (χ0v) is 14.7. The number of hydrogen-bond acceptors (Lipinski definition) is 4. The molecule has 3 fully saturated rings. The van der Waals surface area contributed by atoms with Crippen LogP contribution < -0.4 is 5.32 Å². The van der Waals surface area contributed by atoms with Crippen molar-refractivity contribution in [1.82, 2.24) is 10.1 Å². The molecule has 0 saturated carbocycles. The Morgan fingerprint density at radius 1 is 1.35 bits per heavy atom. The largest absolute Gasteiger partial charge is 0.362 e. The first-order valence-corrected chi connectivity index (χ1v) is 8.11. The van der Waals surface area contributed by atoms with E-state index in [2.05, 4.69) is 29.2 Å². The van der Waals surface area contributed by atoms with Gasteiger partial charge in [0.15, 0.2) is 11.4 Å². The van der Waals surface area contributed by atoms with Crippen LogP contribution >= 0.6 is 24.0 Å².